The number of aromatic amines is 1. The zero-order chi connectivity index (χ0) is 11.8. The molecular weight excluding hydrogens is 282 g/mol. The van der Waals surface area contributed by atoms with E-state index in [0.717, 1.165) is 21.1 Å². The van der Waals surface area contributed by atoms with Crippen molar-refractivity contribution in [2.45, 2.75) is 0 Å². The standard InChI is InChI=1S/C11H6BrN5/c12-10-1-7(9-3-14-15-4-9)6-17-11(10)8(2-13)5-16-17/h1,3-6H,(H,14,15). The number of rotatable bonds is 1. The fourth-order valence-corrected chi connectivity index (χ4v) is 2.36. The molecule has 0 atom stereocenters. The molecule has 0 radical (unpaired) electrons. The van der Waals surface area contributed by atoms with Crippen molar-refractivity contribution in [1.29, 1.82) is 5.26 Å². The molecule has 82 valence electrons. The van der Waals surface area contributed by atoms with E-state index in [2.05, 4.69) is 37.3 Å². The van der Waals surface area contributed by atoms with Crippen LogP contribution >= 0.6 is 15.9 Å². The molecule has 0 fully saturated rings. The number of fused-ring (bicyclic) bond motifs is 1. The molecule has 5 nitrogen and oxygen atoms in total. The number of nitrogens with zero attached hydrogens (tertiary/aromatic N) is 4. The third-order valence-electron chi connectivity index (χ3n) is 2.52. The van der Waals surface area contributed by atoms with Gasteiger partial charge in [0, 0.05) is 28.0 Å². The maximum Gasteiger partial charge on any atom is 0.103 e. The number of nitrogens with one attached hydrogen (secondary N) is 1. The number of H-pyrrole nitrogens is 1. The molecule has 3 aromatic heterocycles. The van der Waals surface area contributed by atoms with Crippen molar-refractivity contribution in [2.75, 3.05) is 0 Å². The minimum absolute atomic E-state index is 0.551. The average molecular weight is 288 g/mol. The molecule has 0 spiro atoms. The molecule has 3 heterocycles. The van der Waals surface area contributed by atoms with Crippen LogP contribution in [0.15, 0.2) is 35.3 Å². The Morgan fingerprint density at radius 3 is 2.94 bits per heavy atom. The van der Waals surface area contributed by atoms with Gasteiger partial charge in [0.25, 0.3) is 0 Å². The molecule has 3 rings (SSSR count). The van der Waals surface area contributed by atoms with Crippen LogP contribution in [0.1, 0.15) is 5.56 Å². The quantitative estimate of drug-likeness (QED) is 0.747. The molecule has 0 aliphatic rings. The van der Waals surface area contributed by atoms with Crippen LogP contribution in [0.2, 0.25) is 0 Å². The van der Waals surface area contributed by atoms with Gasteiger partial charge in [-0.25, -0.2) is 4.52 Å². The van der Waals surface area contributed by atoms with Gasteiger partial charge in [0.05, 0.1) is 23.5 Å². The molecule has 0 aliphatic heterocycles. The minimum Gasteiger partial charge on any atom is -0.285 e. The molecule has 0 aromatic carbocycles. The third-order valence-corrected chi connectivity index (χ3v) is 3.12. The van der Waals surface area contributed by atoms with E-state index in [4.69, 9.17) is 5.26 Å². The second-order valence-corrected chi connectivity index (χ2v) is 4.38. The van der Waals surface area contributed by atoms with Crippen molar-refractivity contribution in [3.63, 3.8) is 0 Å². The lowest BCUT2D eigenvalue weighted by atomic mass is 10.1. The molecule has 6 heteroatoms. The van der Waals surface area contributed by atoms with Gasteiger partial charge < -0.3 is 0 Å². The number of nitriles is 1. The first kappa shape index (κ1) is 10.1. The summed E-state index contributed by atoms with van der Waals surface area (Å²) in [5.74, 6) is 0. The second-order valence-electron chi connectivity index (χ2n) is 3.53. The Morgan fingerprint density at radius 2 is 2.24 bits per heavy atom. The molecule has 0 bridgehead atoms. The van der Waals surface area contributed by atoms with E-state index >= 15 is 0 Å². The van der Waals surface area contributed by atoms with Crippen LogP contribution in [0.4, 0.5) is 0 Å². The molecule has 0 saturated carbocycles. The highest BCUT2D eigenvalue weighted by atomic mass is 79.9. The van der Waals surface area contributed by atoms with E-state index in [-0.39, 0.29) is 0 Å². The average Bonchev–Trinajstić information content (AvgIpc) is 2.97. The summed E-state index contributed by atoms with van der Waals surface area (Å²) in [5, 5.41) is 19.8. The smallest absolute Gasteiger partial charge is 0.103 e. The van der Waals surface area contributed by atoms with Gasteiger partial charge in [-0.2, -0.15) is 15.5 Å². The first-order valence-electron chi connectivity index (χ1n) is 4.86. The zero-order valence-corrected chi connectivity index (χ0v) is 10.1. The Kier molecular flexibility index (Phi) is 2.20. The normalized spacial score (nSPS) is 10.6. The van der Waals surface area contributed by atoms with E-state index < -0.39 is 0 Å². The van der Waals surface area contributed by atoms with Gasteiger partial charge in [0.15, 0.2) is 0 Å². The van der Waals surface area contributed by atoms with Crippen LogP contribution in [0.5, 0.6) is 0 Å². The highest BCUT2D eigenvalue weighted by Crippen LogP contribution is 2.27. The second kappa shape index (κ2) is 3.71. The molecule has 0 aliphatic carbocycles. The fraction of sp³-hybridized carbons (Fsp3) is 0. The van der Waals surface area contributed by atoms with Crippen molar-refractivity contribution in [3.05, 3.63) is 40.9 Å². The van der Waals surface area contributed by atoms with E-state index in [9.17, 15) is 0 Å². The summed E-state index contributed by atoms with van der Waals surface area (Å²) in [6.07, 6.45) is 6.97. The first-order valence-corrected chi connectivity index (χ1v) is 5.65. The molecule has 0 amide bonds. The van der Waals surface area contributed by atoms with Crippen LogP contribution in [0.3, 0.4) is 0 Å². The summed E-state index contributed by atoms with van der Waals surface area (Å²) < 4.78 is 2.52. The van der Waals surface area contributed by atoms with Crippen molar-refractivity contribution in [1.82, 2.24) is 19.8 Å². The Hall–Kier alpha value is -2.13. The van der Waals surface area contributed by atoms with Crippen molar-refractivity contribution in [3.8, 4) is 17.2 Å². The lowest BCUT2D eigenvalue weighted by molar-refractivity contribution is 0.960. The highest BCUT2D eigenvalue weighted by Gasteiger charge is 2.10. The summed E-state index contributed by atoms with van der Waals surface area (Å²) in [5.41, 5.74) is 3.28. The van der Waals surface area contributed by atoms with Crippen LogP contribution < -0.4 is 0 Å². The summed E-state index contributed by atoms with van der Waals surface area (Å²) >= 11 is 3.46. The van der Waals surface area contributed by atoms with Crippen molar-refractivity contribution < 1.29 is 0 Å². The van der Waals surface area contributed by atoms with Crippen LogP contribution in [0, 0.1) is 11.3 Å². The lowest BCUT2D eigenvalue weighted by Crippen LogP contribution is -1.89. The predicted octanol–water partition coefficient (Wildman–Crippen LogP) is 2.36. The van der Waals surface area contributed by atoms with Gasteiger partial charge in [-0.3, -0.25) is 5.10 Å². The summed E-state index contributed by atoms with van der Waals surface area (Å²) in [4.78, 5) is 0. The van der Waals surface area contributed by atoms with E-state index in [1.807, 2.05) is 18.5 Å². The topological polar surface area (TPSA) is 69.8 Å². The monoisotopic (exact) mass is 287 g/mol. The SMILES string of the molecule is N#Cc1cnn2cc(-c3cn[nH]c3)cc(Br)c12. The Bertz CT molecular complexity index is 720. The maximum absolute atomic E-state index is 8.96. The van der Waals surface area contributed by atoms with Gasteiger partial charge in [-0.15, -0.1) is 0 Å². The number of aromatic nitrogens is 4. The van der Waals surface area contributed by atoms with Crippen LogP contribution in [0.25, 0.3) is 16.6 Å². The molecule has 3 aromatic rings. The Labute approximate surface area is 105 Å². The van der Waals surface area contributed by atoms with E-state index in [1.165, 1.54) is 0 Å². The molecular formula is C11H6BrN5. The fourth-order valence-electron chi connectivity index (χ4n) is 1.72. The van der Waals surface area contributed by atoms with E-state index in [0.29, 0.717) is 5.56 Å². The number of hydrogen-bond acceptors (Lipinski definition) is 3. The van der Waals surface area contributed by atoms with Gasteiger partial charge in [-0.05, 0) is 22.0 Å². The Balaban J connectivity index is 2.30. The van der Waals surface area contributed by atoms with E-state index in [1.54, 1.807) is 16.9 Å². The first-order chi connectivity index (χ1) is 8.29. The van der Waals surface area contributed by atoms with Crippen LogP contribution in [-0.4, -0.2) is 19.8 Å². The number of halogens is 1. The third kappa shape index (κ3) is 1.52. The Morgan fingerprint density at radius 1 is 1.35 bits per heavy atom. The minimum atomic E-state index is 0.551. The highest BCUT2D eigenvalue weighted by molar-refractivity contribution is 9.10. The van der Waals surface area contributed by atoms with Gasteiger partial charge in [0.2, 0.25) is 0 Å². The molecule has 17 heavy (non-hydrogen) atoms. The maximum atomic E-state index is 8.96. The number of hydrogen-bond donors (Lipinski definition) is 1. The molecule has 1 N–H and O–H groups in total. The number of pyridine rings is 1. The largest absolute Gasteiger partial charge is 0.285 e. The van der Waals surface area contributed by atoms with Gasteiger partial charge in [-0.1, -0.05) is 0 Å². The summed E-state index contributed by atoms with van der Waals surface area (Å²) in [6.45, 7) is 0. The lowest BCUT2D eigenvalue weighted by Gasteiger charge is -2.02. The summed E-state index contributed by atoms with van der Waals surface area (Å²) in [6, 6.07) is 4.06. The zero-order valence-electron chi connectivity index (χ0n) is 8.55. The summed E-state index contributed by atoms with van der Waals surface area (Å²) in [7, 11) is 0. The molecule has 0 unspecified atom stereocenters. The van der Waals surface area contributed by atoms with Gasteiger partial charge in [0.1, 0.15) is 6.07 Å². The van der Waals surface area contributed by atoms with Crippen molar-refractivity contribution in [2.24, 2.45) is 0 Å². The van der Waals surface area contributed by atoms with Crippen LogP contribution in [-0.2, 0) is 0 Å². The van der Waals surface area contributed by atoms with Crippen molar-refractivity contribution >= 4 is 21.4 Å². The predicted molar refractivity (Wildman–Crippen MR) is 65.2 cm³/mol. The molecule has 0 saturated heterocycles. The van der Waals surface area contributed by atoms with Gasteiger partial charge >= 0.3 is 0 Å².